The molecule has 1 aromatic carbocycles. The zero-order chi connectivity index (χ0) is 17.9. The van der Waals surface area contributed by atoms with Crippen LogP contribution in [0.5, 0.6) is 0 Å². The van der Waals surface area contributed by atoms with E-state index in [-0.39, 0.29) is 17.6 Å². The molecule has 0 radical (unpaired) electrons. The van der Waals surface area contributed by atoms with E-state index in [0.717, 1.165) is 12.0 Å². The van der Waals surface area contributed by atoms with Gasteiger partial charge < -0.3 is 13.8 Å². The molecule has 1 unspecified atom stereocenters. The first-order valence-electron chi connectivity index (χ1n) is 8.59. The number of amides is 1. The summed E-state index contributed by atoms with van der Waals surface area (Å²) in [6.07, 6.45) is 3.14. The van der Waals surface area contributed by atoms with Crippen LogP contribution in [0.25, 0.3) is 11.6 Å². The second-order valence-electron chi connectivity index (χ2n) is 6.37. The van der Waals surface area contributed by atoms with E-state index in [1.165, 1.54) is 12.1 Å². The maximum Gasteiger partial charge on any atom is 0.238 e. The molecule has 0 N–H and O–H groups in total. The molecule has 1 aliphatic rings. The Kier molecular flexibility index (Phi) is 4.51. The van der Waals surface area contributed by atoms with Crippen molar-refractivity contribution in [1.29, 1.82) is 0 Å². The Hall–Kier alpha value is -2.96. The van der Waals surface area contributed by atoms with Gasteiger partial charge in [0, 0.05) is 31.8 Å². The van der Waals surface area contributed by atoms with Gasteiger partial charge in [-0.05, 0) is 36.2 Å². The van der Waals surface area contributed by atoms with Crippen molar-refractivity contribution in [1.82, 2.24) is 15.0 Å². The van der Waals surface area contributed by atoms with Gasteiger partial charge >= 0.3 is 0 Å². The summed E-state index contributed by atoms with van der Waals surface area (Å²) in [5.41, 5.74) is 1.07. The molecule has 1 atom stereocenters. The van der Waals surface area contributed by atoms with Crippen LogP contribution >= 0.6 is 0 Å². The Labute approximate surface area is 149 Å². The molecule has 134 valence electrons. The van der Waals surface area contributed by atoms with Gasteiger partial charge in [-0.25, -0.2) is 4.39 Å². The molecule has 2 aromatic heterocycles. The minimum atomic E-state index is -0.242. The van der Waals surface area contributed by atoms with Crippen LogP contribution in [-0.4, -0.2) is 34.0 Å². The Morgan fingerprint density at radius 2 is 2.12 bits per heavy atom. The van der Waals surface area contributed by atoms with E-state index in [9.17, 15) is 9.18 Å². The van der Waals surface area contributed by atoms with Gasteiger partial charge in [-0.1, -0.05) is 17.3 Å². The van der Waals surface area contributed by atoms with Gasteiger partial charge in [0.25, 0.3) is 0 Å². The molecule has 1 aliphatic heterocycles. The van der Waals surface area contributed by atoms with Crippen molar-refractivity contribution in [2.45, 2.75) is 25.2 Å². The number of aromatic nitrogens is 2. The van der Waals surface area contributed by atoms with Gasteiger partial charge in [0.2, 0.25) is 17.6 Å². The van der Waals surface area contributed by atoms with Crippen LogP contribution in [0.1, 0.15) is 30.2 Å². The van der Waals surface area contributed by atoms with Crippen molar-refractivity contribution >= 4 is 5.91 Å². The number of benzene rings is 1. The normalized spacial score (nSPS) is 17.0. The zero-order valence-corrected chi connectivity index (χ0v) is 14.1. The van der Waals surface area contributed by atoms with Gasteiger partial charge in [0.1, 0.15) is 5.82 Å². The molecule has 0 spiro atoms. The molecule has 4 rings (SSSR count). The fourth-order valence-corrected chi connectivity index (χ4v) is 3.23. The summed E-state index contributed by atoms with van der Waals surface area (Å²) >= 11 is 0. The maximum atomic E-state index is 13.0. The van der Waals surface area contributed by atoms with Crippen LogP contribution in [0.4, 0.5) is 4.39 Å². The first kappa shape index (κ1) is 16.5. The maximum absolute atomic E-state index is 13.0. The van der Waals surface area contributed by atoms with Crippen LogP contribution in [0.2, 0.25) is 0 Å². The number of carbonyl (C=O) groups is 1. The molecular formula is C19H18FN3O3. The molecule has 0 saturated carbocycles. The number of furan rings is 1. The lowest BCUT2D eigenvalue weighted by Gasteiger charge is -2.16. The highest BCUT2D eigenvalue weighted by Crippen LogP contribution is 2.28. The van der Waals surface area contributed by atoms with Crippen LogP contribution in [0, 0.1) is 5.82 Å². The van der Waals surface area contributed by atoms with Crippen LogP contribution in [0.15, 0.2) is 51.6 Å². The third-order valence-corrected chi connectivity index (χ3v) is 4.64. The summed E-state index contributed by atoms with van der Waals surface area (Å²) in [7, 11) is 0. The number of aryl methyl sites for hydroxylation is 1. The van der Waals surface area contributed by atoms with Gasteiger partial charge in [0.05, 0.1) is 6.26 Å². The van der Waals surface area contributed by atoms with E-state index in [1.807, 2.05) is 4.90 Å². The van der Waals surface area contributed by atoms with Crippen LogP contribution in [-0.2, 0) is 11.2 Å². The highest BCUT2D eigenvalue weighted by Gasteiger charge is 2.27. The van der Waals surface area contributed by atoms with Gasteiger partial charge in [-0.15, -0.1) is 0 Å². The third kappa shape index (κ3) is 3.51. The van der Waals surface area contributed by atoms with Gasteiger partial charge in [0.15, 0.2) is 5.76 Å². The minimum absolute atomic E-state index is 0.0624. The van der Waals surface area contributed by atoms with E-state index < -0.39 is 0 Å². The van der Waals surface area contributed by atoms with Crippen molar-refractivity contribution in [2.24, 2.45) is 0 Å². The molecule has 1 fully saturated rings. The van der Waals surface area contributed by atoms with Crippen LogP contribution in [0.3, 0.4) is 0 Å². The predicted octanol–water partition coefficient (Wildman–Crippen LogP) is 3.42. The fraction of sp³-hybridized carbons (Fsp3) is 0.316. The van der Waals surface area contributed by atoms with Gasteiger partial charge in [-0.2, -0.15) is 4.98 Å². The van der Waals surface area contributed by atoms with E-state index in [0.29, 0.717) is 43.4 Å². The number of likely N-dealkylation sites (tertiary alicyclic amines) is 1. The number of nitrogens with zero attached hydrogens (tertiary/aromatic N) is 3. The summed E-state index contributed by atoms with van der Waals surface area (Å²) in [5.74, 6) is 1.41. The second kappa shape index (κ2) is 7.11. The molecular weight excluding hydrogens is 337 g/mol. The summed E-state index contributed by atoms with van der Waals surface area (Å²) in [4.78, 5) is 18.5. The zero-order valence-electron chi connectivity index (χ0n) is 14.1. The molecule has 3 aromatic rings. The summed E-state index contributed by atoms with van der Waals surface area (Å²) < 4.78 is 23.4. The summed E-state index contributed by atoms with van der Waals surface area (Å²) in [6, 6.07) is 10.0. The lowest BCUT2D eigenvalue weighted by molar-refractivity contribution is -0.130. The lowest BCUT2D eigenvalue weighted by atomic mass is 9.99. The number of hydrogen-bond donors (Lipinski definition) is 0. The number of rotatable bonds is 5. The molecule has 0 bridgehead atoms. The van der Waals surface area contributed by atoms with Crippen molar-refractivity contribution in [2.75, 3.05) is 13.1 Å². The molecule has 6 nitrogen and oxygen atoms in total. The van der Waals surface area contributed by atoms with E-state index in [2.05, 4.69) is 10.1 Å². The smallest absolute Gasteiger partial charge is 0.238 e. The lowest BCUT2D eigenvalue weighted by Crippen LogP contribution is -2.28. The molecule has 26 heavy (non-hydrogen) atoms. The minimum Gasteiger partial charge on any atom is -0.461 e. The Morgan fingerprint density at radius 1 is 1.27 bits per heavy atom. The van der Waals surface area contributed by atoms with E-state index >= 15 is 0 Å². The topological polar surface area (TPSA) is 72.4 Å². The van der Waals surface area contributed by atoms with E-state index in [4.69, 9.17) is 8.94 Å². The summed E-state index contributed by atoms with van der Waals surface area (Å²) in [5, 5.41) is 3.86. The van der Waals surface area contributed by atoms with Crippen molar-refractivity contribution in [3.8, 4) is 11.6 Å². The molecule has 0 aliphatic carbocycles. The molecule has 1 amide bonds. The van der Waals surface area contributed by atoms with Gasteiger partial charge in [-0.3, -0.25) is 4.79 Å². The summed E-state index contributed by atoms with van der Waals surface area (Å²) in [6.45, 7) is 1.37. The predicted molar refractivity (Wildman–Crippen MR) is 90.7 cm³/mol. The average Bonchev–Trinajstić information content (AvgIpc) is 3.41. The monoisotopic (exact) mass is 355 g/mol. The fourth-order valence-electron chi connectivity index (χ4n) is 3.23. The highest BCUT2D eigenvalue weighted by molar-refractivity contribution is 5.76. The number of halogens is 1. The Bertz CT molecular complexity index is 874. The molecule has 3 heterocycles. The third-order valence-electron chi connectivity index (χ3n) is 4.64. The second-order valence-corrected chi connectivity index (χ2v) is 6.37. The standard InChI is InChI=1S/C19H18FN3O3/c20-15-5-3-13(4-6-15)14-9-10-23(12-14)18(24)8-7-17-21-19(22-26-17)16-2-1-11-25-16/h1-6,11,14H,7-10,12H2. The number of carbonyl (C=O) groups excluding carboxylic acids is 1. The average molecular weight is 355 g/mol. The van der Waals surface area contributed by atoms with Crippen molar-refractivity contribution in [3.05, 3.63) is 59.9 Å². The number of hydrogen-bond acceptors (Lipinski definition) is 5. The molecule has 1 saturated heterocycles. The quantitative estimate of drug-likeness (QED) is 0.701. The first-order chi connectivity index (χ1) is 12.7. The largest absolute Gasteiger partial charge is 0.461 e. The van der Waals surface area contributed by atoms with Crippen molar-refractivity contribution < 1.29 is 18.1 Å². The first-order valence-corrected chi connectivity index (χ1v) is 8.59. The van der Waals surface area contributed by atoms with Crippen LogP contribution < -0.4 is 0 Å². The Morgan fingerprint density at radius 3 is 2.88 bits per heavy atom. The molecule has 7 heteroatoms. The van der Waals surface area contributed by atoms with Crippen molar-refractivity contribution in [3.63, 3.8) is 0 Å². The highest BCUT2D eigenvalue weighted by atomic mass is 19.1. The Balaban J connectivity index is 1.31. The van der Waals surface area contributed by atoms with E-state index in [1.54, 1.807) is 30.5 Å². The SMILES string of the molecule is O=C(CCc1nc(-c2ccco2)no1)N1CCC(c2ccc(F)cc2)C1.